The molecule has 2 N–H and O–H groups in total. The van der Waals surface area contributed by atoms with Gasteiger partial charge in [0.2, 0.25) is 0 Å². The van der Waals surface area contributed by atoms with Crippen LogP contribution in [0.2, 0.25) is 0 Å². The predicted molar refractivity (Wildman–Crippen MR) is 91.6 cm³/mol. The Labute approximate surface area is 132 Å². The molecule has 1 saturated carbocycles. The molecular formula is C18H37N2O-. The average Bonchev–Trinajstić information content (AvgIpc) is 2.45. The zero-order valence-corrected chi connectivity index (χ0v) is 14.6. The molecular weight excluding hydrogens is 260 g/mol. The van der Waals surface area contributed by atoms with Gasteiger partial charge in [-0.25, -0.2) is 0 Å². The van der Waals surface area contributed by atoms with Crippen molar-refractivity contribution in [2.24, 2.45) is 11.3 Å². The molecule has 3 heteroatoms. The van der Waals surface area contributed by atoms with E-state index in [0.717, 1.165) is 30.9 Å². The highest BCUT2D eigenvalue weighted by Crippen LogP contribution is 2.35. The molecule has 0 spiro atoms. The summed E-state index contributed by atoms with van der Waals surface area (Å²) in [5.74, 6) is 5.57. The van der Waals surface area contributed by atoms with E-state index in [2.05, 4.69) is 13.8 Å². The van der Waals surface area contributed by atoms with Crippen molar-refractivity contribution in [2.45, 2.75) is 110 Å². The Kier molecular flexibility index (Phi) is 8.22. The van der Waals surface area contributed by atoms with Crippen molar-refractivity contribution in [2.75, 3.05) is 0 Å². The number of hydrazine groups is 1. The zero-order chi connectivity index (χ0) is 15.8. The normalized spacial score (nSPS) is 34.6. The van der Waals surface area contributed by atoms with Gasteiger partial charge in [-0.2, -0.15) is 0 Å². The molecule has 0 unspecified atom stereocenters. The third kappa shape index (κ3) is 6.66. The van der Waals surface area contributed by atoms with Gasteiger partial charge in [-0.15, -0.1) is 0 Å². The second-order valence-corrected chi connectivity index (χ2v) is 7.82. The van der Waals surface area contributed by atoms with Crippen LogP contribution in [0.15, 0.2) is 0 Å². The summed E-state index contributed by atoms with van der Waals surface area (Å²) in [5, 5.41) is 12.4. The van der Waals surface area contributed by atoms with Crippen molar-refractivity contribution in [3.05, 3.63) is 5.21 Å². The Morgan fingerprint density at radius 1 is 0.810 bits per heavy atom. The van der Waals surface area contributed by atoms with Crippen LogP contribution in [-0.4, -0.2) is 10.7 Å². The second-order valence-electron chi connectivity index (χ2n) is 7.82. The minimum atomic E-state index is -0.345. The number of hydrogen-bond acceptors (Lipinski definition) is 3. The van der Waals surface area contributed by atoms with Crippen LogP contribution in [0.1, 0.15) is 104 Å². The first-order valence-electron chi connectivity index (χ1n) is 9.14. The minimum absolute atomic E-state index is 0.345. The molecule has 3 nitrogen and oxygen atoms in total. The van der Waals surface area contributed by atoms with E-state index in [-0.39, 0.29) is 5.54 Å². The predicted octanol–water partition coefficient (Wildman–Crippen LogP) is 5.53. The van der Waals surface area contributed by atoms with Gasteiger partial charge in [0.1, 0.15) is 0 Å². The smallest absolute Gasteiger partial charge is 0.0189 e. The summed E-state index contributed by atoms with van der Waals surface area (Å²) in [6, 6.07) is 0. The summed E-state index contributed by atoms with van der Waals surface area (Å²) < 4.78 is 0. The minimum Gasteiger partial charge on any atom is -0.771 e. The molecule has 0 heterocycles. The Morgan fingerprint density at radius 3 is 1.52 bits per heavy atom. The summed E-state index contributed by atoms with van der Waals surface area (Å²) in [6.45, 7) is 6.86. The van der Waals surface area contributed by atoms with Gasteiger partial charge in [0.15, 0.2) is 0 Å². The molecule has 0 bridgehead atoms. The van der Waals surface area contributed by atoms with E-state index in [1.54, 1.807) is 0 Å². The van der Waals surface area contributed by atoms with E-state index in [0.29, 0.717) is 5.41 Å². The summed E-state index contributed by atoms with van der Waals surface area (Å²) >= 11 is 0. The van der Waals surface area contributed by atoms with Crippen LogP contribution in [-0.2, 0) is 0 Å². The van der Waals surface area contributed by atoms with Crippen molar-refractivity contribution in [3.8, 4) is 0 Å². The fourth-order valence-corrected chi connectivity index (χ4v) is 3.65. The van der Waals surface area contributed by atoms with Crippen LogP contribution in [0.3, 0.4) is 0 Å². The number of nitrogens with zero attached hydrogens (tertiary/aromatic N) is 1. The highest BCUT2D eigenvalue weighted by atomic mass is 16.5. The largest absolute Gasteiger partial charge is 0.771 e. The number of rotatable bonds is 2. The lowest BCUT2D eigenvalue weighted by atomic mass is 9.77. The monoisotopic (exact) mass is 297 g/mol. The fraction of sp³-hybridized carbons (Fsp3) is 1.00. The van der Waals surface area contributed by atoms with Crippen molar-refractivity contribution in [1.29, 1.82) is 0 Å². The van der Waals surface area contributed by atoms with E-state index in [1.165, 1.54) is 57.8 Å². The molecule has 1 aliphatic rings. The molecule has 1 rings (SSSR count). The Bertz CT molecular complexity index is 262. The average molecular weight is 298 g/mol. The van der Waals surface area contributed by atoms with Crippen LogP contribution >= 0.6 is 0 Å². The van der Waals surface area contributed by atoms with E-state index >= 15 is 0 Å². The van der Waals surface area contributed by atoms with Gasteiger partial charge < -0.3 is 10.4 Å². The molecule has 0 saturated heterocycles. The SMILES string of the molecule is CCC1(C)CCCCCCC(C)(N(N)[O-])CCCCCC1. The molecule has 21 heavy (non-hydrogen) atoms. The molecule has 0 aliphatic heterocycles. The molecule has 126 valence electrons. The van der Waals surface area contributed by atoms with Gasteiger partial charge in [0.25, 0.3) is 0 Å². The number of nitrogens with two attached hydrogens (primary N) is 1. The topological polar surface area (TPSA) is 52.3 Å². The first-order chi connectivity index (χ1) is 9.92. The highest BCUT2D eigenvalue weighted by molar-refractivity contribution is 4.84. The lowest BCUT2D eigenvalue weighted by molar-refractivity contribution is 0.133. The fourth-order valence-electron chi connectivity index (χ4n) is 3.65. The summed E-state index contributed by atoms with van der Waals surface area (Å²) in [5.41, 5.74) is 0.212. The number of hydrogen-bond donors (Lipinski definition) is 1. The maximum absolute atomic E-state index is 11.7. The van der Waals surface area contributed by atoms with Gasteiger partial charge in [-0.3, -0.25) is 5.84 Å². The Morgan fingerprint density at radius 2 is 1.19 bits per heavy atom. The van der Waals surface area contributed by atoms with Crippen molar-refractivity contribution < 1.29 is 0 Å². The van der Waals surface area contributed by atoms with Crippen LogP contribution in [0.5, 0.6) is 0 Å². The number of hydroxylamine groups is 1. The van der Waals surface area contributed by atoms with Gasteiger partial charge in [0, 0.05) is 5.54 Å². The molecule has 0 amide bonds. The molecule has 1 fully saturated rings. The van der Waals surface area contributed by atoms with Gasteiger partial charge >= 0.3 is 0 Å². The molecule has 0 radical (unpaired) electrons. The van der Waals surface area contributed by atoms with Crippen molar-refractivity contribution in [1.82, 2.24) is 5.17 Å². The molecule has 0 aromatic carbocycles. The Hall–Kier alpha value is -0.120. The van der Waals surface area contributed by atoms with Crippen molar-refractivity contribution >= 4 is 0 Å². The quantitative estimate of drug-likeness (QED) is 0.538. The molecule has 0 aromatic rings. The van der Waals surface area contributed by atoms with E-state index < -0.39 is 0 Å². The summed E-state index contributed by atoms with van der Waals surface area (Å²) in [4.78, 5) is 0. The Balaban J connectivity index is 2.51. The third-order valence-corrected chi connectivity index (χ3v) is 5.88. The van der Waals surface area contributed by atoms with Crippen molar-refractivity contribution in [3.63, 3.8) is 0 Å². The van der Waals surface area contributed by atoms with E-state index in [9.17, 15) is 5.21 Å². The highest BCUT2D eigenvalue weighted by Gasteiger charge is 2.24. The standard InChI is InChI=1S/C18H37N2O/c1-4-17(2)13-9-5-7-11-15-18(3,20(19)21)16-12-8-6-10-14-17/h4-16,19H2,1-3H3/q-1. The zero-order valence-electron chi connectivity index (χ0n) is 14.6. The lowest BCUT2D eigenvalue weighted by Gasteiger charge is -2.43. The first kappa shape index (κ1) is 18.9. The third-order valence-electron chi connectivity index (χ3n) is 5.88. The van der Waals surface area contributed by atoms with E-state index in [1.807, 2.05) is 6.92 Å². The molecule has 0 atom stereocenters. The van der Waals surface area contributed by atoms with Gasteiger partial charge in [0.05, 0.1) is 0 Å². The first-order valence-corrected chi connectivity index (χ1v) is 9.14. The van der Waals surface area contributed by atoms with Crippen LogP contribution in [0, 0.1) is 10.6 Å². The van der Waals surface area contributed by atoms with Gasteiger partial charge in [-0.1, -0.05) is 71.6 Å². The van der Waals surface area contributed by atoms with Crippen LogP contribution in [0.4, 0.5) is 0 Å². The maximum atomic E-state index is 11.7. The van der Waals surface area contributed by atoms with Crippen LogP contribution < -0.4 is 5.84 Å². The second kappa shape index (κ2) is 9.12. The van der Waals surface area contributed by atoms with Crippen LogP contribution in [0.25, 0.3) is 0 Å². The van der Waals surface area contributed by atoms with Gasteiger partial charge in [-0.05, 0) is 38.0 Å². The molecule has 0 aromatic heterocycles. The molecule has 1 aliphatic carbocycles. The summed E-state index contributed by atoms with van der Waals surface area (Å²) in [7, 11) is 0. The van der Waals surface area contributed by atoms with E-state index in [4.69, 9.17) is 5.84 Å². The summed E-state index contributed by atoms with van der Waals surface area (Å²) in [6.07, 6.45) is 16.0. The lowest BCUT2D eigenvalue weighted by Crippen LogP contribution is -2.47. The maximum Gasteiger partial charge on any atom is 0.0189 e.